The molecule has 1 unspecified atom stereocenters. The summed E-state index contributed by atoms with van der Waals surface area (Å²) in [5.74, 6) is 1.09. The molecule has 1 rings (SSSR count). The zero-order valence-electron chi connectivity index (χ0n) is 4.67. The molecule has 0 aromatic rings. The molecule has 8 heavy (non-hydrogen) atoms. The molecular weight excluding hydrogens is 124 g/mol. The summed E-state index contributed by atoms with van der Waals surface area (Å²) in [5.41, 5.74) is 0.278. The van der Waals surface area contributed by atoms with Crippen molar-refractivity contribution in [3.05, 3.63) is 0 Å². The van der Waals surface area contributed by atoms with Crippen LogP contribution in [-0.4, -0.2) is 29.5 Å². The smallest absolute Gasteiger partial charge is 0.105 e. The van der Waals surface area contributed by atoms with Crippen molar-refractivity contribution in [3.63, 3.8) is 0 Å². The summed E-state index contributed by atoms with van der Waals surface area (Å²) in [4.78, 5) is 0. The summed E-state index contributed by atoms with van der Waals surface area (Å²) in [5, 5.41) is 8.43. The minimum Gasteiger partial charge on any atom is -0.396 e. The molecule has 1 heterocycles. The van der Waals surface area contributed by atoms with Crippen molar-refractivity contribution in [3.8, 4) is 0 Å². The third kappa shape index (κ3) is 1.65. The van der Waals surface area contributed by atoms with Crippen molar-refractivity contribution < 1.29 is 9.84 Å². The summed E-state index contributed by atoms with van der Waals surface area (Å²) in [6, 6.07) is 0. The topological polar surface area (TPSA) is 29.5 Å². The van der Waals surface area contributed by atoms with Crippen molar-refractivity contribution in [2.45, 2.75) is 11.9 Å². The number of rotatable bonds is 2. The van der Waals surface area contributed by atoms with E-state index < -0.39 is 0 Å². The van der Waals surface area contributed by atoms with Crippen molar-refractivity contribution in [2.75, 3.05) is 19.0 Å². The summed E-state index contributed by atoms with van der Waals surface area (Å²) in [7, 11) is 0. The van der Waals surface area contributed by atoms with Crippen LogP contribution in [0.2, 0.25) is 0 Å². The van der Waals surface area contributed by atoms with Crippen LogP contribution in [0.1, 0.15) is 6.42 Å². The number of thioether (sulfide) groups is 1. The van der Waals surface area contributed by atoms with Crippen LogP contribution in [0, 0.1) is 0 Å². The van der Waals surface area contributed by atoms with Gasteiger partial charge in [-0.25, -0.2) is 0 Å². The lowest BCUT2D eigenvalue weighted by molar-refractivity contribution is 0.118. The molecule has 0 saturated carbocycles. The molecule has 1 atom stereocenters. The lowest BCUT2D eigenvalue weighted by atomic mass is 10.5. The second kappa shape index (κ2) is 3.33. The Bertz CT molecular complexity index is 61.4. The van der Waals surface area contributed by atoms with Crippen LogP contribution in [0.5, 0.6) is 0 Å². The molecule has 0 aromatic carbocycles. The predicted octanol–water partition coefficient (Wildman–Crippen LogP) is 0.458. The van der Waals surface area contributed by atoms with Gasteiger partial charge >= 0.3 is 0 Å². The van der Waals surface area contributed by atoms with Gasteiger partial charge in [0, 0.05) is 18.8 Å². The Hall–Kier alpha value is 0.270. The minimum atomic E-state index is 0.248. The first-order valence-corrected chi connectivity index (χ1v) is 3.82. The molecule has 1 aliphatic heterocycles. The Balaban J connectivity index is 2.06. The summed E-state index contributed by atoms with van der Waals surface area (Å²) in [6.07, 6.45) is 0.782. The lowest BCUT2D eigenvalue weighted by Gasteiger charge is -2.03. The molecule has 1 saturated heterocycles. The standard InChI is InChI=1S/C5H10O2S/c6-2-1-5-7-3-4-8-5/h5-6H,1-4H2. The van der Waals surface area contributed by atoms with Crippen LogP contribution >= 0.6 is 11.8 Å². The molecule has 3 heteroatoms. The molecule has 0 aromatic heterocycles. The Morgan fingerprint density at radius 3 is 3.12 bits per heavy atom. The van der Waals surface area contributed by atoms with Crippen molar-refractivity contribution in [1.29, 1.82) is 0 Å². The quantitative estimate of drug-likeness (QED) is 0.595. The fourth-order valence-electron chi connectivity index (χ4n) is 0.679. The van der Waals surface area contributed by atoms with Gasteiger partial charge in [0.2, 0.25) is 0 Å². The van der Waals surface area contributed by atoms with Gasteiger partial charge in [0.15, 0.2) is 0 Å². The molecule has 1 fully saturated rings. The van der Waals surface area contributed by atoms with Crippen molar-refractivity contribution in [2.24, 2.45) is 0 Å². The fraction of sp³-hybridized carbons (Fsp3) is 1.00. The minimum absolute atomic E-state index is 0.248. The van der Waals surface area contributed by atoms with Gasteiger partial charge in [-0.2, -0.15) is 0 Å². The molecule has 0 spiro atoms. The van der Waals surface area contributed by atoms with Gasteiger partial charge in [0.25, 0.3) is 0 Å². The first-order chi connectivity index (χ1) is 3.93. The van der Waals surface area contributed by atoms with Gasteiger partial charge in [-0.15, -0.1) is 11.8 Å². The Morgan fingerprint density at radius 2 is 2.62 bits per heavy atom. The Labute approximate surface area is 53.2 Å². The van der Waals surface area contributed by atoms with Gasteiger partial charge in [-0.1, -0.05) is 0 Å². The van der Waals surface area contributed by atoms with Crippen molar-refractivity contribution in [1.82, 2.24) is 0 Å². The normalized spacial score (nSPS) is 28.9. The van der Waals surface area contributed by atoms with Crippen LogP contribution in [0.15, 0.2) is 0 Å². The highest BCUT2D eigenvalue weighted by Gasteiger charge is 2.13. The number of hydrogen-bond donors (Lipinski definition) is 1. The molecule has 0 bridgehead atoms. The van der Waals surface area contributed by atoms with E-state index in [9.17, 15) is 0 Å². The molecule has 48 valence electrons. The number of ether oxygens (including phenoxy) is 1. The van der Waals surface area contributed by atoms with Gasteiger partial charge in [0.05, 0.1) is 6.61 Å². The molecule has 0 aliphatic carbocycles. The second-order valence-electron chi connectivity index (χ2n) is 1.68. The molecular formula is C5H10O2S. The van der Waals surface area contributed by atoms with Crippen molar-refractivity contribution >= 4 is 11.8 Å². The van der Waals surface area contributed by atoms with Crippen LogP contribution in [0.3, 0.4) is 0 Å². The summed E-state index contributed by atoms with van der Waals surface area (Å²) in [6.45, 7) is 1.10. The average Bonchev–Trinajstić information content (AvgIpc) is 2.19. The number of aliphatic hydroxyl groups excluding tert-OH is 1. The van der Waals surface area contributed by atoms with Crippen LogP contribution in [0.25, 0.3) is 0 Å². The summed E-state index contributed by atoms with van der Waals surface area (Å²) >= 11 is 1.78. The third-order valence-corrected chi connectivity index (χ3v) is 2.20. The van der Waals surface area contributed by atoms with Gasteiger partial charge in [-0.05, 0) is 0 Å². The van der Waals surface area contributed by atoms with E-state index in [0.29, 0.717) is 0 Å². The van der Waals surface area contributed by atoms with E-state index in [2.05, 4.69) is 0 Å². The highest BCUT2D eigenvalue weighted by atomic mass is 32.2. The lowest BCUT2D eigenvalue weighted by Crippen LogP contribution is -2.02. The maximum atomic E-state index is 8.43. The Kier molecular flexibility index (Phi) is 2.66. The largest absolute Gasteiger partial charge is 0.396 e. The monoisotopic (exact) mass is 134 g/mol. The van der Waals surface area contributed by atoms with E-state index >= 15 is 0 Å². The predicted molar refractivity (Wildman–Crippen MR) is 33.9 cm³/mol. The van der Waals surface area contributed by atoms with E-state index in [-0.39, 0.29) is 12.0 Å². The van der Waals surface area contributed by atoms with Gasteiger partial charge in [-0.3, -0.25) is 0 Å². The zero-order valence-corrected chi connectivity index (χ0v) is 5.49. The van der Waals surface area contributed by atoms with E-state index in [1.165, 1.54) is 0 Å². The van der Waals surface area contributed by atoms with Crippen LogP contribution < -0.4 is 0 Å². The molecule has 0 amide bonds. The first-order valence-electron chi connectivity index (χ1n) is 2.77. The molecule has 2 nitrogen and oxygen atoms in total. The summed E-state index contributed by atoms with van der Waals surface area (Å²) < 4.78 is 5.20. The third-order valence-electron chi connectivity index (χ3n) is 1.06. The van der Waals surface area contributed by atoms with Crippen LogP contribution in [-0.2, 0) is 4.74 Å². The second-order valence-corrected chi connectivity index (χ2v) is 2.95. The molecule has 0 radical (unpaired) electrons. The van der Waals surface area contributed by atoms with E-state index in [1.54, 1.807) is 11.8 Å². The van der Waals surface area contributed by atoms with E-state index in [4.69, 9.17) is 9.84 Å². The fourth-order valence-corrected chi connectivity index (χ4v) is 1.60. The average molecular weight is 134 g/mol. The van der Waals surface area contributed by atoms with Crippen LogP contribution in [0.4, 0.5) is 0 Å². The maximum absolute atomic E-state index is 8.43. The first kappa shape index (κ1) is 6.39. The Morgan fingerprint density at radius 1 is 1.75 bits per heavy atom. The van der Waals surface area contributed by atoms with Gasteiger partial charge < -0.3 is 9.84 Å². The zero-order chi connectivity index (χ0) is 5.82. The maximum Gasteiger partial charge on any atom is 0.105 e. The van der Waals surface area contributed by atoms with Gasteiger partial charge in [0.1, 0.15) is 5.44 Å². The number of aliphatic hydroxyl groups is 1. The van der Waals surface area contributed by atoms with E-state index in [0.717, 1.165) is 18.8 Å². The molecule has 1 aliphatic rings. The highest BCUT2D eigenvalue weighted by molar-refractivity contribution is 7.99. The highest BCUT2D eigenvalue weighted by Crippen LogP contribution is 2.21. The molecule has 1 N–H and O–H groups in total. The SMILES string of the molecule is OCCC1OCCS1. The number of hydrogen-bond acceptors (Lipinski definition) is 3. The van der Waals surface area contributed by atoms with E-state index in [1.807, 2.05) is 0 Å².